The van der Waals surface area contributed by atoms with E-state index in [9.17, 15) is 9.59 Å². The number of carbonyl (C=O) groups excluding carboxylic acids is 2. The van der Waals surface area contributed by atoms with Crippen LogP contribution in [-0.2, 0) is 19.1 Å². The highest BCUT2D eigenvalue weighted by molar-refractivity contribution is 8.14. The number of hydrogen-bond acceptors (Lipinski definition) is 8. The Balaban J connectivity index is 2.07. The van der Waals surface area contributed by atoms with Crippen LogP contribution in [-0.4, -0.2) is 61.7 Å². The number of carbonyl (C=O) groups is 2. The number of allylic oxidation sites excluding steroid dienone is 1. The van der Waals surface area contributed by atoms with Gasteiger partial charge in [-0.05, 0) is 31.5 Å². The molecule has 0 spiro atoms. The molecular formula is C21H26N2O6S. The van der Waals surface area contributed by atoms with Gasteiger partial charge in [0.15, 0.2) is 16.7 Å². The van der Waals surface area contributed by atoms with Crippen LogP contribution >= 0.6 is 11.8 Å². The molecule has 0 unspecified atom stereocenters. The third kappa shape index (κ3) is 4.46. The van der Waals surface area contributed by atoms with Crippen LogP contribution in [0.15, 0.2) is 34.5 Å². The van der Waals surface area contributed by atoms with E-state index in [0.29, 0.717) is 46.7 Å². The summed E-state index contributed by atoms with van der Waals surface area (Å²) in [5.41, 5.74) is 1.58. The number of fused-ring (bicyclic) bond motifs is 1. The van der Waals surface area contributed by atoms with Crippen LogP contribution in [0.25, 0.3) is 0 Å². The van der Waals surface area contributed by atoms with Crippen molar-refractivity contribution in [3.05, 3.63) is 35.0 Å². The molecule has 0 N–H and O–H groups in total. The molecule has 1 saturated heterocycles. The van der Waals surface area contributed by atoms with Crippen molar-refractivity contribution < 1.29 is 28.5 Å². The van der Waals surface area contributed by atoms with Gasteiger partial charge in [-0.15, -0.1) is 0 Å². The molecule has 9 heteroatoms. The maximum atomic E-state index is 13.0. The summed E-state index contributed by atoms with van der Waals surface area (Å²) >= 11 is 1.50. The van der Waals surface area contributed by atoms with E-state index in [1.165, 1.54) is 18.9 Å². The van der Waals surface area contributed by atoms with Gasteiger partial charge in [-0.1, -0.05) is 17.8 Å². The maximum absolute atomic E-state index is 13.0. The lowest BCUT2D eigenvalue weighted by molar-refractivity contribution is -0.141. The normalized spacial score (nSPS) is 18.7. The van der Waals surface area contributed by atoms with E-state index in [2.05, 4.69) is 4.99 Å². The second-order valence-electron chi connectivity index (χ2n) is 6.63. The van der Waals surface area contributed by atoms with Gasteiger partial charge in [-0.2, -0.15) is 0 Å². The highest BCUT2D eigenvalue weighted by atomic mass is 32.2. The van der Waals surface area contributed by atoms with Gasteiger partial charge in [0.2, 0.25) is 5.91 Å². The van der Waals surface area contributed by atoms with Crippen molar-refractivity contribution in [3.63, 3.8) is 0 Å². The van der Waals surface area contributed by atoms with Crippen molar-refractivity contribution >= 4 is 28.8 Å². The van der Waals surface area contributed by atoms with Gasteiger partial charge < -0.3 is 18.9 Å². The quantitative estimate of drug-likeness (QED) is 0.459. The molecule has 0 aromatic heterocycles. The molecule has 0 radical (unpaired) electrons. The fraction of sp³-hybridized carbons (Fsp3) is 0.476. The van der Waals surface area contributed by atoms with Gasteiger partial charge in [0.05, 0.1) is 37.6 Å². The molecule has 30 heavy (non-hydrogen) atoms. The van der Waals surface area contributed by atoms with Gasteiger partial charge in [0, 0.05) is 19.3 Å². The number of benzene rings is 1. The molecule has 0 bridgehead atoms. The zero-order chi connectivity index (χ0) is 21.7. The molecule has 1 amide bonds. The van der Waals surface area contributed by atoms with Gasteiger partial charge in [0.25, 0.3) is 0 Å². The summed E-state index contributed by atoms with van der Waals surface area (Å²) in [5, 5.41) is 0.593. The summed E-state index contributed by atoms with van der Waals surface area (Å²) in [7, 11) is 3.09. The summed E-state index contributed by atoms with van der Waals surface area (Å²) in [5.74, 6) is 1.18. The monoisotopic (exact) mass is 434 g/mol. The minimum absolute atomic E-state index is 0.0833. The number of nitrogens with zero attached hydrogens (tertiary/aromatic N) is 2. The van der Waals surface area contributed by atoms with E-state index < -0.39 is 12.0 Å². The van der Waals surface area contributed by atoms with Crippen molar-refractivity contribution in [1.29, 1.82) is 0 Å². The Bertz CT molecular complexity index is 882. The number of hydrogen-bond donors (Lipinski definition) is 0. The van der Waals surface area contributed by atoms with E-state index in [4.69, 9.17) is 18.9 Å². The van der Waals surface area contributed by atoms with E-state index in [-0.39, 0.29) is 19.1 Å². The van der Waals surface area contributed by atoms with Crippen LogP contribution in [0.3, 0.4) is 0 Å². The summed E-state index contributed by atoms with van der Waals surface area (Å²) in [6.07, 6.45) is 0.374. The van der Waals surface area contributed by atoms with Crippen LogP contribution in [0.4, 0.5) is 0 Å². The van der Waals surface area contributed by atoms with Crippen molar-refractivity contribution in [3.8, 4) is 11.5 Å². The van der Waals surface area contributed by atoms with E-state index in [1.54, 1.807) is 31.1 Å². The number of amidine groups is 1. The number of esters is 1. The Morgan fingerprint density at radius 3 is 2.77 bits per heavy atom. The van der Waals surface area contributed by atoms with Crippen LogP contribution in [0.2, 0.25) is 0 Å². The van der Waals surface area contributed by atoms with E-state index in [0.717, 1.165) is 5.56 Å². The van der Waals surface area contributed by atoms with Crippen LogP contribution in [0.5, 0.6) is 11.5 Å². The van der Waals surface area contributed by atoms with Crippen LogP contribution in [0, 0.1) is 0 Å². The average Bonchev–Trinajstić information content (AvgIpc) is 2.73. The largest absolute Gasteiger partial charge is 0.493 e. The predicted octanol–water partition coefficient (Wildman–Crippen LogP) is 2.93. The second-order valence-corrected chi connectivity index (χ2v) is 7.69. The SMILES string of the molecule is CCOc1ccc([C@H]2C(C(=O)OCCOC)=C(C)N=C3SCCC(=O)N32)cc1OC. The lowest BCUT2D eigenvalue weighted by Crippen LogP contribution is -2.45. The van der Waals surface area contributed by atoms with E-state index >= 15 is 0 Å². The fourth-order valence-corrected chi connectivity index (χ4v) is 4.40. The molecule has 0 aliphatic carbocycles. The number of rotatable bonds is 8. The Kier molecular flexibility index (Phi) is 7.38. The van der Waals surface area contributed by atoms with E-state index in [1.807, 2.05) is 13.0 Å². The lowest BCUT2D eigenvalue weighted by atomic mass is 9.94. The molecule has 0 saturated carbocycles. The Hall–Kier alpha value is -2.52. The molecule has 2 heterocycles. The lowest BCUT2D eigenvalue weighted by Gasteiger charge is -2.39. The third-order valence-electron chi connectivity index (χ3n) is 4.75. The standard InChI is InChI=1S/C21H26N2O6S/c1-5-28-15-7-6-14(12-16(15)27-4)19-18(20(25)29-10-9-26-3)13(2)22-21-23(19)17(24)8-11-30-21/h6-7,12,19H,5,8-11H2,1-4H3/t19-/m0/s1. The molecule has 162 valence electrons. The first-order valence-electron chi connectivity index (χ1n) is 9.72. The summed E-state index contributed by atoms with van der Waals surface area (Å²) in [6, 6.07) is 4.76. The predicted molar refractivity (Wildman–Crippen MR) is 114 cm³/mol. The summed E-state index contributed by atoms with van der Waals surface area (Å²) in [4.78, 5) is 31.9. The Morgan fingerprint density at radius 2 is 2.07 bits per heavy atom. The molecule has 1 aromatic carbocycles. The number of amides is 1. The van der Waals surface area contributed by atoms with Crippen molar-refractivity contribution in [1.82, 2.24) is 4.90 Å². The minimum atomic E-state index is -0.655. The molecule has 2 aliphatic heterocycles. The first-order chi connectivity index (χ1) is 14.5. The first kappa shape index (κ1) is 22.2. The smallest absolute Gasteiger partial charge is 0.338 e. The summed E-state index contributed by atoms with van der Waals surface area (Å²) < 4.78 is 21.4. The molecule has 1 fully saturated rings. The number of ether oxygens (including phenoxy) is 4. The fourth-order valence-electron chi connectivity index (χ4n) is 3.40. The number of thioether (sulfide) groups is 1. The highest BCUT2D eigenvalue weighted by Crippen LogP contribution is 2.42. The number of aliphatic imine (C=N–C) groups is 1. The zero-order valence-corrected chi connectivity index (χ0v) is 18.4. The van der Waals surface area contributed by atoms with Gasteiger partial charge >= 0.3 is 5.97 Å². The third-order valence-corrected chi connectivity index (χ3v) is 5.70. The summed E-state index contributed by atoms with van der Waals surface area (Å²) in [6.45, 7) is 4.54. The van der Waals surface area contributed by atoms with Crippen molar-refractivity contribution in [2.24, 2.45) is 4.99 Å². The highest BCUT2D eigenvalue weighted by Gasteiger charge is 2.42. The molecular weight excluding hydrogens is 408 g/mol. The zero-order valence-electron chi connectivity index (χ0n) is 17.6. The number of methoxy groups -OCH3 is 2. The first-order valence-corrected chi connectivity index (χ1v) is 10.7. The molecule has 1 aromatic rings. The minimum Gasteiger partial charge on any atom is -0.493 e. The molecule has 2 aliphatic rings. The molecule has 1 atom stereocenters. The molecule has 8 nitrogen and oxygen atoms in total. The van der Waals surface area contributed by atoms with Crippen LogP contribution in [0.1, 0.15) is 31.9 Å². The second kappa shape index (κ2) is 9.99. The molecule has 3 rings (SSSR count). The topological polar surface area (TPSA) is 86.7 Å². The van der Waals surface area contributed by atoms with Gasteiger partial charge in [-0.3, -0.25) is 9.69 Å². The van der Waals surface area contributed by atoms with Crippen molar-refractivity contribution in [2.45, 2.75) is 26.3 Å². The maximum Gasteiger partial charge on any atom is 0.338 e. The Morgan fingerprint density at radius 1 is 1.27 bits per heavy atom. The average molecular weight is 435 g/mol. The van der Waals surface area contributed by atoms with Crippen molar-refractivity contribution in [2.75, 3.05) is 39.8 Å². The Labute approximate surface area is 180 Å². The van der Waals surface area contributed by atoms with Gasteiger partial charge in [-0.25, -0.2) is 9.79 Å². The van der Waals surface area contributed by atoms with Gasteiger partial charge in [0.1, 0.15) is 6.61 Å². The van der Waals surface area contributed by atoms with Crippen LogP contribution < -0.4 is 9.47 Å².